The maximum atomic E-state index is 9.83. The van der Waals surface area contributed by atoms with E-state index in [2.05, 4.69) is 0 Å². The lowest BCUT2D eigenvalue weighted by atomic mass is 9.98. The van der Waals surface area contributed by atoms with Crippen LogP contribution in [0.15, 0.2) is 0 Å². The first-order chi connectivity index (χ1) is 15.4. The minimum Gasteiger partial charge on any atom is -0.394 e. The lowest BCUT2D eigenvalue weighted by Crippen LogP contribution is -2.61. The Bertz CT molecular complexity index is 488. The number of ether oxygens (including phenoxy) is 2. The molecule has 14 N–H and O–H groups in total. The second-order valence-corrected chi connectivity index (χ2v) is 7.28. The van der Waals surface area contributed by atoms with Crippen LogP contribution in [0.1, 0.15) is 0 Å². The molecule has 0 aromatic heterocycles. The molecule has 200 valence electrons. The molecule has 0 aromatic carbocycles. The Morgan fingerprint density at radius 3 is 1.39 bits per heavy atom. The van der Waals surface area contributed by atoms with Crippen molar-refractivity contribution in [2.75, 3.05) is 33.0 Å². The normalized spacial score (nSPS) is 32.0. The van der Waals surface area contributed by atoms with Gasteiger partial charge in [-0.15, -0.1) is 0 Å². The van der Waals surface area contributed by atoms with Crippen LogP contribution in [0.25, 0.3) is 0 Å². The number of aliphatic hydroxyl groups excluding tert-OH is 14. The Hall–Kier alpha value is -0.640. The molecule has 0 aromatic rings. The molecular weight excluding hydrogens is 460 g/mol. The van der Waals surface area contributed by atoms with Crippen LogP contribution in [0.4, 0.5) is 0 Å². The standard InChI is InChI=1S/C12H24O11.C5H12O5/c13-1-4(16)7(18)11(5(17)2-14)23-12-10(21)9(20)8(19)6(3-15)22-12;6-1-3(8)5(10)4(9)2-7/h4-21H,1-3H2;3-10H,1-2H2/t4-,5+,6+,7+,8+,9-,10+,11+,12+;3-,4+,5?/m0./s1. The molecule has 0 aliphatic carbocycles. The molecule has 1 unspecified atom stereocenters. The third-order valence-electron chi connectivity index (χ3n) is 4.79. The molecular formula is C17H36O16. The van der Waals surface area contributed by atoms with Crippen LogP contribution < -0.4 is 0 Å². The lowest BCUT2D eigenvalue weighted by Gasteiger charge is -2.42. The van der Waals surface area contributed by atoms with E-state index in [4.69, 9.17) is 50.3 Å². The Kier molecular flexibility index (Phi) is 15.8. The monoisotopic (exact) mass is 496 g/mol. The van der Waals surface area contributed by atoms with Gasteiger partial charge in [0.1, 0.15) is 67.1 Å². The Morgan fingerprint density at radius 2 is 1.00 bits per heavy atom. The van der Waals surface area contributed by atoms with Crippen molar-refractivity contribution in [3.8, 4) is 0 Å². The third kappa shape index (κ3) is 9.49. The highest BCUT2D eigenvalue weighted by molar-refractivity contribution is 4.91. The van der Waals surface area contributed by atoms with Crippen molar-refractivity contribution in [1.29, 1.82) is 0 Å². The van der Waals surface area contributed by atoms with Gasteiger partial charge in [0, 0.05) is 0 Å². The molecule has 1 aliphatic rings. The summed E-state index contributed by atoms with van der Waals surface area (Å²) < 4.78 is 10.1. The summed E-state index contributed by atoms with van der Waals surface area (Å²) in [5, 5.41) is 127. The van der Waals surface area contributed by atoms with E-state index in [9.17, 15) is 30.6 Å². The molecule has 33 heavy (non-hydrogen) atoms. The molecule has 0 saturated carbocycles. The molecule has 12 atom stereocenters. The van der Waals surface area contributed by atoms with E-state index in [0.717, 1.165) is 0 Å². The van der Waals surface area contributed by atoms with Crippen molar-refractivity contribution in [1.82, 2.24) is 0 Å². The zero-order valence-corrected chi connectivity index (χ0v) is 17.5. The average Bonchev–Trinajstić information content (AvgIpc) is 2.84. The maximum absolute atomic E-state index is 9.83. The topological polar surface area (TPSA) is 302 Å². The lowest BCUT2D eigenvalue weighted by molar-refractivity contribution is -0.327. The Morgan fingerprint density at radius 1 is 0.576 bits per heavy atom. The van der Waals surface area contributed by atoms with Gasteiger partial charge in [0.2, 0.25) is 0 Å². The minimum absolute atomic E-state index is 0.641. The van der Waals surface area contributed by atoms with Gasteiger partial charge in [-0.3, -0.25) is 0 Å². The first-order valence-corrected chi connectivity index (χ1v) is 9.89. The summed E-state index contributed by atoms with van der Waals surface area (Å²) in [6.45, 7) is -3.73. The maximum Gasteiger partial charge on any atom is 0.187 e. The van der Waals surface area contributed by atoms with Crippen LogP contribution in [0, 0.1) is 0 Å². The third-order valence-corrected chi connectivity index (χ3v) is 4.79. The van der Waals surface area contributed by atoms with Crippen molar-refractivity contribution in [2.45, 2.75) is 73.4 Å². The first-order valence-electron chi connectivity index (χ1n) is 9.89. The fourth-order valence-corrected chi connectivity index (χ4v) is 2.64. The summed E-state index contributed by atoms with van der Waals surface area (Å²) in [4.78, 5) is 0. The van der Waals surface area contributed by atoms with Crippen LogP contribution in [-0.2, 0) is 9.47 Å². The molecule has 1 saturated heterocycles. The fourth-order valence-electron chi connectivity index (χ4n) is 2.64. The molecule has 1 aliphatic heterocycles. The highest BCUT2D eigenvalue weighted by atomic mass is 16.7. The highest BCUT2D eigenvalue weighted by Crippen LogP contribution is 2.24. The van der Waals surface area contributed by atoms with Gasteiger partial charge >= 0.3 is 0 Å². The summed E-state index contributed by atoms with van der Waals surface area (Å²) in [6, 6.07) is 0. The predicted octanol–water partition coefficient (Wildman–Crippen LogP) is -8.71. The Balaban J connectivity index is 0.000000861. The molecule has 16 heteroatoms. The zero-order chi connectivity index (χ0) is 25.9. The fraction of sp³-hybridized carbons (Fsp3) is 1.00. The highest BCUT2D eigenvalue weighted by Gasteiger charge is 2.46. The number of hydrogen-bond donors (Lipinski definition) is 14. The molecule has 0 bridgehead atoms. The van der Waals surface area contributed by atoms with Gasteiger partial charge in [0.15, 0.2) is 6.29 Å². The smallest absolute Gasteiger partial charge is 0.187 e. The predicted molar refractivity (Wildman–Crippen MR) is 103 cm³/mol. The minimum atomic E-state index is -1.85. The quantitative estimate of drug-likeness (QED) is 0.119. The molecule has 1 rings (SSSR count). The summed E-state index contributed by atoms with van der Waals surface area (Å²) in [7, 11) is 0. The number of hydrogen-bond acceptors (Lipinski definition) is 16. The van der Waals surface area contributed by atoms with Gasteiger partial charge in [-0.25, -0.2) is 0 Å². The van der Waals surface area contributed by atoms with E-state index in [1.54, 1.807) is 0 Å². The number of aliphatic hydroxyl groups is 14. The second kappa shape index (κ2) is 16.1. The van der Waals surface area contributed by atoms with Crippen LogP contribution in [0.3, 0.4) is 0 Å². The van der Waals surface area contributed by atoms with E-state index in [0.29, 0.717) is 0 Å². The van der Waals surface area contributed by atoms with Crippen molar-refractivity contribution in [3.05, 3.63) is 0 Å². The second-order valence-electron chi connectivity index (χ2n) is 7.28. The van der Waals surface area contributed by atoms with Crippen molar-refractivity contribution in [2.24, 2.45) is 0 Å². The van der Waals surface area contributed by atoms with Crippen LogP contribution in [0.2, 0.25) is 0 Å². The van der Waals surface area contributed by atoms with Gasteiger partial charge in [-0.1, -0.05) is 0 Å². The molecule has 1 heterocycles. The SMILES string of the molecule is OC[C@@H](O)C(O)[C@@H](O)CO.OC[C@@H](O)[C@@H](O[C@H]1O[C@H](CO)[C@@H](O)[C@H](O)[C@H]1O)[C@H](O)[C@@H](O)CO. The van der Waals surface area contributed by atoms with Crippen LogP contribution >= 0.6 is 0 Å². The van der Waals surface area contributed by atoms with Crippen molar-refractivity contribution in [3.63, 3.8) is 0 Å². The summed E-state index contributed by atoms with van der Waals surface area (Å²) >= 11 is 0. The summed E-state index contributed by atoms with van der Waals surface area (Å²) in [5.74, 6) is 0. The van der Waals surface area contributed by atoms with Gasteiger partial charge < -0.3 is 81.0 Å². The largest absolute Gasteiger partial charge is 0.394 e. The van der Waals surface area contributed by atoms with Crippen molar-refractivity contribution >= 4 is 0 Å². The van der Waals surface area contributed by atoms with Gasteiger partial charge in [-0.2, -0.15) is 0 Å². The Labute approximate surface area is 188 Å². The summed E-state index contributed by atoms with van der Waals surface area (Å²) in [5.41, 5.74) is 0. The van der Waals surface area contributed by atoms with E-state index in [-0.39, 0.29) is 0 Å². The first kappa shape index (κ1) is 32.4. The van der Waals surface area contributed by atoms with Gasteiger partial charge in [0.25, 0.3) is 0 Å². The van der Waals surface area contributed by atoms with Crippen LogP contribution in [0.5, 0.6) is 0 Å². The zero-order valence-electron chi connectivity index (χ0n) is 17.5. The van der Waals surface area contributed by atoms with Crippen molar-refractivity contribution < 1.29 is 81.0 Å². The van der Waals surface area contributed by atoms with E-state index in [1.165, 1.54) is 0 Å². The van der Waals surface area contributed by atoms with Gasteiger partial charge in [0.05, 0.1) is 33.0 Å². The molecule has 0 spiro atoms. The average molecular weight is 496 g/mol. The molecule has 16 nitrogen and oxygen atoms in total. The van der Waals surface area contributed by atoms with E-state index >= 15 is 0 Å². The van der Waals surface area contributed by atoms with Crippen LogP contribution in [-0.4, -0.2) is 178 Å². The summed E-state index contributed by atoms with van der Waals surface area (Å²) in [6.07, 6.45) is -19.4. The molecule has 0 amide bonds. The molecule has 1 fully saturated rings. The van der Waals surface area contributed by atoms with E-state index in [1.807, 2.05) is 0 Å². The molecule has 0 radical (unpaired) electrons. The van der Waals surface area contributed by atoms with Gasteiger partial charge in [-0.05, 0) is 0 Å². The van der Waals surface area contributed by atoms with E-state index < -0.39 is 106 Å². The number of rotatable bonds is 12.